The minimum Gasteiger partial charge on any atom is -0.342 e. The highest BCUT2D eigenvalue weighted by atomic mass is 16.2. The number of Topliss-reactive ketones (excluding diaryl/α,β-unsaturated/α-hetero) is 1. The zero-order chi connectivity index (χ0) is 13.4. The van der Waals surface area contributed by atoms with Crippen LogP contribution in [0.5, 0.6) is 0 Å². The predicted octanol–water partition coefficient (Wildman–Crippen LogP) is 1.44. The van der Waals surface area contributed by atoms with Gasteiger partial charge in [0.25, 0.3) is 0 Å². The molecule has 1 aliphatic heterocycles. The lowest BCUT2D eigenvalue weighted by molar-refractivity contribution is -0.133. The van der Waals surface area contributed by atoms with Crippen molar-refractivity contribution in [2.75, 3.05) is 20.1 Å². The molecule has 2 aliphatic carbocycles. The molecule has 0 bridgehead atoms. The van der Waals surface area contributed by atoms with Crippen molar-refractivity contribution in [3.8, 4) is 0 Å². The monoisotopic (exact) mass is 264 g/mol. The molecule has 0 aromatic rings. The Hall–Kier alpha value is -0.900. The molecule has 0 aromatic heterocycles. The molecule has 19 heavy (non-hydrogen) atoms. The molecule has 0 N–H and O–H groups in total. The van der Waals surface area contributed by atoms with Crippen molar-refractivity contribution >= 4 is 11.7 Å². The number of rotatable bonds is 4. The van der Waals surface area contributed by atoms with Crippen molar-refractivity contribution in [2.24, 2.45) is 5.92 Å². The first-order valence-corrected chi connectivity index (χ1v) is 7.69. The number of ketones is 1. The molecule has 1 amide bonds. The molecular weight excluding hydrogens is 240 g/mol. The van der Waals surface area contributed by atoms with Crippen LogP contribution in [0.15, 0.2) is 0 Å². The van der Waals surface area contributed by atoms with Crippen LogP contribution in [0.25, 0.3) is 0 Å². The number of carbonyl (C=O) groups is 2. The van der Waals surface area contributed by atoms with E-state index < -0.39 is 0 Å². The van der Waals surface area contributed by atoms with Crippen molar-refractivity contribution in [1.29, 1.82) is 0 Å². The van der Waals surface area contributed by atoms with Crippen LogP contribution in [0.4, 0.5) is 0 Å². The molecule has 0 spiro atoms. The standard InChI is InChI=1S/C15H24N2O2/c1-16(11-7-8-11)15(19)10-17-9-3-5-13(17)12-4-2-6-14(12)18/h11-13H,2-10H2,1H3. The molecule has 4 nitrogen and oxygen atoms in total. The quantitative estimate of drug-likeness (QED) is 0.771. The van der Waals surface area contributed by atoms with Gasteiger partial charge in [-0.1, -0.05) is 0 Å². The summed E-state index contributed by atoms with van der Waals surface area (Å²) in [6, 6.07) is 0.827. The fourth-order valence-electron chi connectivity index (χ4n) is 3.70. The van der Waals surface area contributed by atoms with E-state index in [0.717, 1.165) is 51.5 Å². The summed E-state index contributed by atoms with van der Waals surface area (Å²) in [4.78, 5) is 28.3. The first-order chi connectivity index (χ1) is 9.16. The Bertz CT molecular complexity index is 378. The zero-order valence-electron chi connectivity index (χ0n) is 11.8. The second-order valence-electron chi connectivity index (χ2n) is 6.38. The Morgan fingerprint density at radius 3 is 2.68 bits per heavy atom. The topological polar surface area (TPSA) is 40.6 Å². The molecule has 2 atom stereocenters. The number of likely N-dealkylation sites (tertiary alicyclic amines) is 1. The van der Waals surface area contributed by atoms with Gasteiger partial charge in [-0.25, -0.2) is 0 Å². The molecule has 4 heteroatoms. The second-order valence-corrected chi connectivity index (χ2v) is 6.38. The lowest BCUT2D eigenvalue weighted by atomic mass is 9.95. The van der Waals surface area contributed by atoms with Gasteiger partial charge in [0, 0.05) is 31.5 Å². The lowest BCUT2D eigenvalue weighted by Gasteiger charge is -2.29. The summed E-state index contributed by atoms with van der Waals surface area (Å²) >= 11 is 0. The van der Waals surface area contributed by atoms with E-state index in [-0.39, 0.29) is 11.8 Å². The summed E-state index contributed by atoms with van der Waals surface area (Å²) in [7, 11) is 1.92. The molecule has 3 aliphatic rings. The van der Waals surface area contributed by atoms with Crippen LogP contribution in [-0.2, 0) is 9.59 Å². The van der Waals surface area contributed by atoms with Crippen LogP contribution in [-0.4, -0.2) is 53.7 Å². The second kappa shape index (κ2) is 5.23. The van der Waals surface area contributed by atoms with Crippen molar-refractivity contribution in [3.05, 3.63) is 0 Å². The van der Waals surface area contributed by atoms with Gasteiger partial charge in [-0.2, -0.15) is 0 Å². The smallest absolute Gasteiger partial charge is 0.236 e. The third kappa shape index (κ3) is 2.69. The molecule has 2 saturated carbocycles. The van der Waals surface area contributed by atoms with Gasteiger partial charge in [-0.3, -0.25) is 14.5 Å². The summed E-state index contributed by atoms with van der Waals surface area (Å²) < 4.78 is 0. The fourth-order valence-corrected chi connectivity index (χ4v) is 3.70. The average Bonchev–Trinajstić information content (AvgIpc) is 3.01. The molecule has 0 radical (unpaired) electrons. The molecule has 1 saturated heterocycles. The zero-order valence-corrected chi connectivity index (χ0v) is 11.8. The summed E-state index contributed by atoms with van der Waals surface area (Å²) in [5.41, 5.74) is 0. The Kier molecular flexibility index (Phi) is 3.61. The van der Waals surface area contributed by atoms with Crippen molar-refractivity contribution in [2.45, 2.75) is 57.0 Å². The predicted molar refractivity (Wildman–Crippen MR) is 72.7 cm³/mol. The SMILES string of the molecule is CN(C(=O)CN1CCCC1C1CCCC1=O)C1CC1. The van der Waals surface area contributed by atoms with E-state index in [1.54, 1.807) is 0 Å². The van der Waals surface area contributed by atoms with Crippen LogP contribution in [0.1, 0.15) is 44.9 Å². The summed E-state index contributed by atoms with van der Waals surface area (Å²) in [6.45, 7) is 1.50. The number of amides is 1. The van der Waals surface area contributed by atoms with Gasteiger partial charge < -0.3 is 4.90 Å². The maximum atomic E-state index is 12.2. The number of nitrogens with zero attached hydrogens (tertiary/aromatic N) is 2. The molecule has 2 unspecified atom stereocenters. The normalized spacial score (nSPS) is 31.9. The van der Waals surface area contributed by atoms with E-state index >= 15 is 0 Å². The van der Waals surface area contributed by atoms with Gasteiger partial charge in [0.1, 0.15) is 5.78 Å². The third-order valence-electron chi connectivity index (χ3n) is 5.06. The number of hydrogen-bond donors (Lipinski definition) is 0. The summed E-state index contributed by atoms with van der Waals surface area (Å²) in [5.74, 6) is 0.876. The largest absolute Gasteiger partial charge is 0.342 e. The first kappa shape index (κ1) is 13.1. The fraction of sp³-hybridized carbons (Fsp3) is 0.867. The van der Waals surface area contributed by atoms with Gasteiger partial charge >= 0.3 is 0 Å². The highest BCUT2D eigenvalue weighted by molar-refractivity contribution is 5.84. The van der Waals surface area contributed by atoms with E-state index in [1.165, 1.54) is 0 Å². The minimum absolute atomic E-state index is 0.210. The van der Waals surface area contributed by atoms with E-state index in [9.17, 15) is 9.59 Å². The minimum atomic E-state index is 0.210. The Balaban J connectivity index is 1.59. The van der Waals surface area contributed by atoms with E-state index in [2.05, 4.69) is 4.90 Å². The maximum absolute atomic E-state index is 12.2. The molecule has 106 valence electrons. The number of carbonyl (C=O) groups excluding carboxylic acids is 2. The molecular formula is C15H24N2O2. The van der Waals surface area contributed by atoms with Crippen LogP contribution in [0.2, 0.25) is 0 Å². The van der Waals surface area contributed by atoms with Crippen molar-refractivity contribution in [1.82, 2.24) is 9.80 Å². The summed E-state index contributed by atoms with van der Waals surface area (Å²) in [6.07, 6.45) is 7.38. The maximum Gasteiger partial charge on any atom is 0.236 e. The van der Waals surface area contributed by atoms with E-state index in [0.29, 0.717) is 24.4 Å². The Morgan fingerprint density at radius 1 is 1.26 bits per heavy atom. The number of likely N-dealkylation sites (N-methyl/N-ethyl adjacent to an activating group) is 1. The van der Waals surface area contributed by atoms with Gasteiger partial charge in [0.05, 0.1) is 6.54 Å². The van der Waals surface area contributed by atoms with Gasteiger partial charge in [0.2, 0.25) is 5.91 Å². The molecule has 3 fully saturated rings. The Morgan fingerprint density at radius 2 is 2.05 bits per heavy atom. The molecule has 1 heterocycles. The third-order valence-corrected chi connectivity index (χ3v) is 5.06. The highest BCUT2D eigenvalue weighted by Gasteiger charge is 2.39. The van der Waals surface area contributed by atoms with Gasteiger partial charge in [-0.05, 0) is 45.1 Å². The van der Waals surface area contributed by atoms with Crippen molar-refractivity contribution < 1.29 is 9.59 Å². The average molecular weight is 264 g/mol. The summed E-state index contributed by atoms with van der Waals surface area (Å²) in [5, 5.41) is 0. The van der Waals surface area contributed by atoms with Gasteiger partial charge in [0.15, 0.2) is 0 Å². The van der Waals surface area contributed by atoms with Crippen LogP contribution < -0.4 is 0 Å². The van der Waals surface area contributed by atoms with Crippen LogP contribution >= 0.6 is 0 Å². The number of hydrogen-bond acceptors (Lipinski definition) is 3. The van der Waals surface area contributed by atoms with E-state index in [1.807, 2.05) is 11.9 Å². The molecule has 3 rings (SSSR count). The van der Waals surface area contributed by atoms with Crippen molar-refractivity contribution in [3.63, 3.8) is 0 Å². The van der Waals surface area contributed by atoms with E-state index in [4.69, 9.17) is 0 Å². The Labute approximate surface area is 115 Å². The lowest BCUT2D eigenvalue weighted by Crippen LogP contribution is -2.44. The molecule has 0 aromatic carbocycles. The first-order valence-electron chi connectivity index (χ1n) is 7.69. The van der Waals surface area contributed by atoms with Crippen LogP contribution in [0, 0.1) is 5.92 Å². The van der Waals surface area contributed by atoms with Gasteiger partial charge in [-0.15, -0.1) is 0 Å². The highest BCUT2D eigenvalue weighted by Crippen LogP contribution is 2.33. The van der Waals surface area contributed by atoms with Crippen LogP contribution in [0.3, 0.4) is 0 Å².